The van der Waals surface area contributed by atoms with Crippen LogP contribution >= 0.6 is 12.2 Å². The summed E-state index contributed by atoms with van der Waals surface area (Å²) in [6, 6.07) is 2.82. The summed E-state index contributed by atoms with van der Waals surface area (Å²) in [4.78, 5) is 15.3. The maximum atomic E-state index is 11.9. The lowest BCUT2D eigenvalue weighted by Crippen LogP contribution is -2.28. The van der Waals surface area contributed by atoms with Crippen LogP contribution in [0.5, 0.6) is 0 Å². The highest BCUT2D eigenvalue weighted by Crippen LogP contribution is 2.18. The van der Waals surface area contributed by atoms with Gasteiger partial charge < -0.3 is 11.1 Å². The summed E-state index contributed by atoms with van der Waals surface area (Å²) in [6.07, 6.45) is -4.08. The molecule has 0 aliphatic rings. The van der Waals surface area contributed by atoms with Gasteiger partial charge in [-0.2, -0.15) is 13.2 Å². The summed E-state index contributed by atoms with van der Waals surface area (Å²) in [6.45, 7) is -0.485. The van der Waals surface area contributed by atoms with Gasteiger partial charge in [-0.1, -0.05) is 12.2 Å². The summed E-state index contributed by atoms with van der Waals surface area (Å²) in [5.74, 6) is -0.672. The number of halogens is 3. The van der Waals surface area contributed by atoms with E-state index in [0.717, 1.165) is 0 Å². The number of hydrogen-bond acceptors (Lipinski definition) is 3. The Morgan fingerprint density at radius 1 is 1.44 bits per heavy atom. The Morgan fingerprint density at radius 3 is 2.56 bits per heavy atom. The van der Waals surface area contributed by atoms with Gasteiger partial charge in [0, 0.05) is 18.3 Å². The zero-order valence-electron chi connectivity index (χ0n) is 9.12. The summed E-state index contributed by atoms with van der Waals surface area (Å²) in [7, 11) is 0. The van der Waals surface area contributed by atoms with Crippen molar-refractivity contribution < 1.29 is 18.0 Å². The van der Waals surface area contributed by atoms with Crippen LogP contribution in [0.25, 0.3) is 0 Å². The van der Waals surface area contributed by atoms with Crippen LogP contribution < -0.4 is 11.1 Å². The third-order valence-electron chi connectivity index (χ3n) is 1.97. The van der Waals surface area contributed by atoms with Crippen LogP contribution in [-0.2, 0) is 0 Å². The van der Waals surface area contributed by atoms with Crippen LogP contribution in [-0.4, -0.2) is 28.6 Å². The van der Waals surface area contributed by atoms with Crippen molar-refractivity contribution in [2.24, 2.45) is 5.73 Å². The van der Waals surface area contributed by atoms with Gasteiger partial charge in [0.15, 0.2) is 0 Å². The van der Waals surface area contributed by atoms with Crippen LogP contribution in [0.15, 0.2) is 18.3 Å². The molecule has 1 heterocycles. The van der Waals surface area contributed by atoms with Gasteiger partial charge in [-0.3, -0.25) is 9.78 Å². The Morgan fingerprint density at radius 2 is 2.11 bits per heavy atom. The number of hydrogen-bond donors (Lipinski definition) is 2. The van der Waals surface area contributed by atoms with Crippen molar-refractivity contribution in [2.75, 3.05) is 6.54 Å². The molecule has 1 aromatic rings. The van der Waals surface area contributed by atoms with E-state index < -0.39 is 25.0 Å². The van der Waals surface area contributed by atoms with Gasteiger partial charge in [0.05, 0.1) is 6.42 Å². The molecule has 0 aliphatic carbocycles. The maximum Gasteiger partial charge on any atom is 0.390 e. The molecule has 0 radical (unpaired) electrons. The lowest BCUT2D eigenvalue weighted by molar-refractivity contribution is -0.132. The molecule has 8 heteroatoms. The fourth-order valence-electron chi connectivity index (χ4n) is 1.08. The molecule has 0 atom stereocenters. The zero-order valence-corrected chi connectivity index (χ0v) is 9.94. The quantitative estimate of drug-likeness (QED) is 0.816. The first-order chi connectivity index (χ1) is 8.29. The van der Waals surface area contributed by atoms with Crippen LogP contribution in [0.4, 0.5) is 13.2 Å². The number of nitrogens with zero attached hydrogens (tertiary/aromatic N) is 1. The minimum absolute atomic E-state index is 0.0113. The molecular formula is C10H10F3N3OS. The normalized spacial score (nSPS) is 11.1. The molecular weight excluding hydrogens is 267 g/mol. The van der Waals surface area contributed by atoms with Crippen molar-refractivity contribution in [3.8, 4) is 0 Å². The Labute approximate surface area is 106 Å². The monoisotopic (exact) mass is 277 g/mol. The summed E-state index contributed by atoms with van der Waals surface area (Å²) in [5, 5.41) is 2.12. The van der Waals surface area contributed by atoms with Crippen LogP contribution in [0.1, 0.15) is 22.5 Å². The average molecular weight is 277 g/mol. The van der Waals surface area contributed by atoms with Crippen molar-refractivity contribution in [1.29, 1.82) is 0 Å². The lowest BCUT2D eigenvalue weighted by atomic mass is 10.2. The van der Waals surface area contributed by atoms with Crippen molar-refractivity contribution in [3.05, 3.63) is 29.6 Å². The van der Waals surface area contributed by atoms with Crippen LogP contribution in [0.3, 0.4) is 0 Å². The van der Waals surface area contributed by atoms with E-state index in [-0.39, 0.29) is 10.7 Å². The molecule has 1 aromatic heterocycles. The van der Waals surface area contributed by atoms with E-state index in [1.54, 1.807) is 0 Å². The molecule has 0 fully saturated rings. The molecule has 4 nitrogen and oxygen atoms in total. The minimum atomic E-state index is -4.30. The minimum Gasteiger partial charge on any atom is -0.389 e. The molecule has 98 valence electrons. The number of rotatable bonds is 4. The Kier molecular flexibility index (Phi) is 4.60. The molecule has 1 rings (SSSR count). The van der Waals surface area contributed by atoms with Crippen molar-refractivity contribution in [1.82, 2.24) is 10.3 Å². The standard InChI is InChI=1S/C10H10F3N3OS/c11-10(12,13)3-4-15-9(17)7-2-1-6(5-16-7)8(14)18/h1-2,5H,3-4H2,(H2,14,18)(H,15,17). The average Bonchev–Trinajstić information content (AvgIpc) is 2.27. The van der Waals surface area contributed by atoms with Gasteiger partial charge >= 0.3 is 6.18 Å². The smallest absolute Gasteiger partial charge is 0.389 e. The van der Waals surface area contributed by atoms with Crippen molar-refractivity contribution in [2.45, 2.75) is 12.6 Å². The number of thiocarbonyl (C=S) groups is 1. The maximum absolute atomic E-state index is 11.9. The highest BCUT2D eigenvalue weighted by atomic mass is 32.1. The number of aromatic nitrogens is 1. The van der Waals surface area contributed by atoms with E-state index in [4.69, 9.17) is 18.0 Å². The molecule has 0 bridgehead atoms. The molecule has 0 aromatic carbocycles. The molecule has 0 saturated carbocycles. The Balaban J connectivity index is 2.54. The number of amides is 1. The van der Waals surface area contributed by atoms with E-state index in [2.05, 4.69) is 10.3 Å². The molecule has 1 amide bonds. The second kappa shape index (κ2) is 5.76. The molecule has 18 heavy (non-hydrogen) atoms. The second-order valence-corrected chi connectivity index (χ2v) is 3.86. The van der Waals surface area contributed by atoms with E-state index in [1.165, 1.54) is 18.3 Å². The van der Waals surface area contributed by atoms with Crippen molar-refractivity contribution >= 4 is 23.1 Å². The fraction of sp³-hybridized carbons (Fsp3) is 0.300. The topological polar surface area (TPSA) is 68.0 Å². The fourth-order valence-corrected chi connectivity index (χ4v) is 1.20. The SMILES string of the molecule is NC(=S)c1ccc(C(=O)NCCC(F)(F)F)nc1. The predicted molar refractivity (Wildman–Crippen MR) is 63.1 cm³/mol. The number of carbonyl (C=O) groups excluding carboxylic acids is 1. The molecule has 0 aliphatic heterocycles. The zero-order chi connectivity index (χ0) is 13.8. The molecule has 3 N–H and O–H groups in total. The summed E-state index contributed by atoms with van der Waals surface area (Å²) in [5.41, 5.74) is 5.83. The third kappa shape index (κ3) is 4.66. The summed E-state index contributed by atoms with van der Waals surface area (Å²) < 4.78 is 35.6. The number of carbonyl (C=O) groups is 1. The molecule has 0 spiro atoms. The van der Waals surface area contributed by atoms with Crippen molar-refractivity contribution in [3.63, 3.8) is 0 Å². The number of nitrogens with two attached hydrogens (primary N) is 1. The van der Waals surface area contributed by atoms with E-state index in [1.807, 2.05) is 0 Å². The highest BCUT2D eigenvalue weighted by Gasteiger charge is 2.26. The summed E-state index contributed by atoms with van der Waals surface area (Å²) >= 11 is 4.69. The molecule has 0 unspecified atom stereocenters. The van der Waals surface area contributed by atoms with Crippen LogP contribution in [0, 0.1) is 0 Å². The van der Waals surface area contributed by atoms with Gasteiger partial charge in [0.1, 0.15) is 10.7 Å². The number of pyridine rings is 1. The first-order valence-corrected chi connectivity index (χ1v) is 5.31. The van der Waals surface area contributed by atoms with Gasteiger partial charge in [0.2, 0.25) is 0 Å². The van der Waals surface area contributed by atoms with Gasteiger partial charge in [-0.15, -0.1) is 0 Å². The highest BCUT2D eigenvalue weighted by molar-refractivity contribution is 7.80. The second-order valence-electron chi connectivity index (χ2n) is 3.42. The first kappa shape index (κ1) is 14.4. The largest absolute Gasteiger partial charge is 0.390 e. The van der Waals surface area contributed by atoms with E-state index >= 15 is 0 Å². The Bertz CT molecular complexity index is 445. The first-order valence-electron chi connectivity index (χ1n) is 4.90. The van der Waals surface area contributed by atoms with E-state index in [9.17, 15) is 18.0 Å². The third-order valence-corrected chi connectivity index (χ3v) is 2.21. The van der Waals surface area contributed by atoms with Crippen LogP contribution in [0.2, 0.25) is 0 Å². The number of nitrogens with one attached hydrogen (secondary N) is 1. The van der Waals surface area contributed by atoms with Gasteiger partial charge in [-0.05, 0) is 12.1 Å². The molecule has 0 saturated heterocycles. The van der Waals surface area contributed by atoms with Gasteiger partial charge in [0.25, 0.3) is 5.91 Å². The predicted octanol–water partition coefficient (Wildman–Crippen LogP) is 1.40. The van der Waals surface area contributed by atoms with E-state index in [0.29, 0.717) is 5.56 Å². The number of alkyl halides is 3. The van der Waals surface area contributed by atoms with Gasteiger partial charge in [-0.25, -0.2) is 0 Å². The lowest BCUT2D eigenvalue weighted by Gasteiger charge is -2.07. The Hall–Kier alpha value is -1.70.